The number of aromatic nitrogens is 1. The molecule has 10 nitrogen and oxygen atoms in total. The van der Waals surface area contributed by atoms with Gasteiger partial charge in [-0.25, -0.2) is 4.98 Å². The van der Waals surface area contributed by atoms with Crippen molar-refractivity contribution in [2.45, 2.75) is 27.7 Å². The number of amides is 1. The number of aryl methyl sites for hydroxylation is 2. The van der Waals surface area contributed by atoms with E-state index in [-0.39, 0.29) is 12.1 Å². The second-order valence-electron chi connectivity index (χ2n) is 7.66. The number of carbonyl (C=O) groups is 1. The maximum Gasteiger partial charge on any atom is 0.277 e. The third kappa shape index (κ3) is 5.32. The molecule has 0 aliphatic rings. The molecule has 1 heterocycles. The lowest BCUT2D eigenvalue weighted by Gasteiger charge is -2.24. The number of nitrogens with zero attached hydrogens (tertiary/aromatic N) is 5. The monoisotopic (exact) mass is 471 g/mol. The van der Waals surface area contributed by atoms with Gasteiger partial charge < -0.3 is 4.90 Å². The average Bonchev–Trinajstić information content (AvgIpc) is 3.20. The van der Waals surface area contributed by atoms with Gasteiger partial charge in [-0.3, -0.25) is 29.9 Å². The second-order valence-corrected chi connectivity index (χ2v) is 8.67. The van der Waals surface area contributed by atoms with Crippen LogP contribution in [-0.2, 0) is 0 Å². The Kier molecular flexibility index (Phi) is 7.34. The van der Waals surface area contributed by atoms with Crippen LogP contribution in [0.1, 0.15) is 35.3 Å². The van der Waals surface area contributed by atoms with Crippen molar-refractivity contribution in [3.05, 3.63) is 67.3 Å². The largest absolute Gasteiger partial charge is 0.302 e. The molecule has 0 atom stereocenters. The molecule has 0 saturated heterocycles. The van der Waals surface area contributed by atoms with Crippen LogP contribution in [0.3, 0.4) is 0 Å². The van der Waals surface area contributed by atoms with Crippen LogP contribution >= 0.6 is 11.3 Å². The predicted octanol–water partition coefficient (Wildman–Crippen LogP) is 4.72. The molecule has 3 rings (SSSR count). The van der Waals surface area contributed by atoms with Crippen molar-refractivity contribution in [2.75, 3.05) is 31.1 Å². The minimum atomic E-state index is -0.742. The number of rotatable bonds is 9. The zero-order chi connectivity index (χ0) is 24.3. The number of nitro benzene ring substituents is 2. The first-order valence-corrected chi connectivity index (χ1v) is 11.3. The molecule has 0 aliphatic heterocycles. The van der Waals surface area contributed by atoms with E-state index >= 15 is 0 Å². The lowest BCUT2D eigenvalue weighted by molar-refractivity contribution is -0.394. The van der Waals surface area contributed by atoms with Gasteiger partial charge in [-0.05, 0) is 44.1 Å². The molecule has 3 aromatic rings. The number of benzene rings is 2. The highest BCUT2D eigenvalue weighted by atomic mass is 32.1. The normalized spacial score (nSPS) is 11.2. The Morgan fingerprint density at radius 1 is 0.970 bits per heavy atom. The third-order valence-corrected chi connectivity index (χ3v) is 6.43. The van der Waals surface area contributed by atoms with Crippen LogP contribution in [0.25, 0.3) is 10.2 Å². The molecule has 0 radical (unpaired) electrons. The molecule has 0 unspecified atom stereocenters. The highest BCUT2D eigenvalue weighted by Gasteiger charge is 2.26. The van der Waals surface area contributed by atoms with E-state index < -0.39 is 27.1 Å². The smallest absolute Gasteiger partial charge is 0.277 e. The Labute approximate surface area is 194 Å². The molecule has 0 aliphatic carbocycles. The Morgan fingerprint density at radius 2 is 1.58 bits per heavy atom. The lowest BCUT2D eigenvalue weighted by atomic mass is 10.1. The first-order valence-electron chi connectivity index (χ1n) is 10.5. The van der Waals surface area contributed by atoms with Gasteiger partial charge in [0.05, 0.1) is 31.7 Å². The van der Waals surface area contributed by atoms with Crippen molar-refractivity contribution in [1.82, 2.24) is 9.88 Å². The zero-order valence-corrected chi connectivity index (χ0v) is 19.7. The molecule has 2 aromatic carbocycles. The maximum atomic E-state index is 13.5. The fourth-order valence-corrected chi connectivity index (χ4v) is 4.79. The summed E-state index contributed by atoms with van der Waals surface area (Å²) < 4.78 is 0.924. The van der Waals surface area contributed by atoms with Crippen LogP contribution in [0.5, 0.6) is 0 Å². The summed E-state index contributed by atoms with van der Waals surface area (Å²) in [7, 11) is 0. The average molecular weight is 472 g/mol. The molecule has 1 amide bonds. The van der Waals surface area contributed by atoms with E-state index in [4.69, 9.17) is 0 Å². The summed E-state index contributed by atoms with van der Waals surface area (Å²) in [5, 5.41) is 23.1. The Morgan fingerprint density at radius 3 is 2.12 bits per heavy atom. The molecular formula is C22H25N5O5S. The number of anilines is 1. The predicted molar refractivity (Wildman–Crippen MR) is 128 cm³/mol. The topological polar surface area (TPSA) is 123 Å². The summed E-state index contributed by atoms with van der Waals surface area (Å²) in [6.07, 6.45) is 0. The van der Waals surface area contributed by atoms with Gasteiger partial charge in [0.15, 0.2) is 5.13 Å². The Hall–Kier alpha value is -3.44. The van der Waals surface area contributed by atoms with Gasteiger partial charge in [-0.2, -0.15) is 0 Å². The first kappa shape index (κ1) is 24.2. The van der Waals surface area contributed by atoms with Gasteiger partial charge in [-0.1, -0.05) is 31.3 Å². The minimum Gasteiger partial charge on any atom is -0.302 e. The number of carbonyl (C=O) groups excluding carboxylic acids is 1. The van der Waals surface area contributed by atoms with Gasteiger partial charge in [0.25, 0.3) is 17.3 Å². The minimum absolute atomic E-state index is 0.123. The fraction of sp³-hybridized carbons (Fsp3) is 0.364. The van der Waals surface area contributed by atoms with Crippen LogP contribution in [-0.4, -0.2) is 51.8 Å². The second kappa shape index (κ2) is 10.0. The number of hydrogen-bond acceptors (Lipinski definition) is 8. The zero-order valence-electron chi connectivity index (χ0n) is 18.9. The first-order chi connectivity index (χ1) is 15.6. The summed E-state index contributed by atoms with van der Waals surface area (Å²) in [5.41, 5.74) is 1.70. The third-order valence-electron chi connectivity index (χ3n) is 5.40. The van der Waals surface area contributed by atoms with Crippen LogP contribution in [0.4, 0.5) is 16.5 Å². The van der Waals surface area contributed by atoms with Gasteiger partial charge >= 0.3 is 0 Å². The highest BCUT2D eigenvalue weighted by molar-refractivity contribution is 7.22. The van der Waals surface area contributed by atoms with Crippen molar-refractivity contribution in [3.8, 4) is 0 Å². The highest BCUT2D eigenvalue weighted by Crippen LogP contribution is 2.33. The molecular weight excluding hydrogens is 446 g/mol. The standard InChI is InChI=1S/C22H25N5O5S/c1-5-24(6-2)7-8-25(22-23-20-15(4)9-14(3)10-19(20)33-22)21(28)16-11-17(26(29)30)13-18(12-16)27(31)32/h9-13H,5-8H2,1-4H3. The van der Waals surface area contributed by atoms with E-state index in [0.29, 0.717) is 11.7 Å². The summed E-state index contributed by atoms with van der Waals surface area (Å²) in [4.78, 5) is 43.0. The molecule has 0 spiro atoms. The summed E-state index contributed by atoms with van der Waals surface area (Å²) >= 11 is 1.35. The van der Waals surface area contributed by atoms with Gasteiger partial charge in [0, 0.05) is 25.2 Å². The van der Waals surface area contributed by atoms with E-state index in [1.165, 1.54) is 16.2 Å². The van der Waals surface area contributed by atoms with Crippen LogP contribution in [0.15, 0.2) is 30.3 Å². The van der Waals surface area contributed by atoms with E-state index in [2.05, 4.69) is 9.88 Å². The Bertz CT molecular complexity index is 1190. The summed E-state index contributed by atoms with van der Waals surface area (Å²) in [6, 6.07) is 7.00. The number of likely N-dealkylation sites (N-methyl/N-ethyl adjacent to an activating group) is 1. The van der Waals surface area contributed by atoms with Crippen molar-refractivity contribution in [1.29, 1.82) is 0 Å². The molecule has 0 saturated carbocycles. The molecule has 1 aromatic heterocycles. The summed E-state index contributed by atoms with van der Waals surface area (Å²) in [5.74, 6) is -0.567. The molecule has 33 heavy (non-hydrogen) atoms. The van der Waals surface area contributed by atoms with E-state index in [9.17, 15) is 25.0 Å². The van der Waals surface area contributed by atoms with Gasteiger partial charge in [0.2, 0.25) is 0 Å². The number of non-ortho nitro benzene ring substituents is 2. The fourth-order valence-electron chi connectivity index (χ4n) is 3.62. The molecule has 0 bridgehead atoms. The number of hydrogen-bond donors (Lipinski definition) is 0. The Balaban J connectivity index is 2.10. The quantitative estimate of drug-likeness (QED) is 0.327. The van der Waals surface area contributed by atoms with Crippen LogP contribution in [0.2, 0.25) is 0 Å². The van der Waals surface area contributed by atoms with Gasteiger partial charge in [-0.15, -0.1) is 0 Å². The molecule has 0 fully saturated rings. The van der Waals surface area contributed by atoms with E-state index in [0.717, 1.165) is 52.6 Å². The number of thiazole rings is 1. The van der Waals surface area contributed by atoms with Crippen LogP contribution in [0, 0.1) is 34.1 Å². The van der Waals surface area contributed by atoms with Crippen molar-refractivity contribution >= 4 is 44.0 Å². The van der Waals surface area contributed by atoms with Crippen molar-refractivity contribution in [2.24, 2.45) is 0 Å². The lowest BCUT2D eigenvalue weighted by Crippen LogP contribution is -2.39. The van der Waals surface area contributed by atoms with Crippen molar-refractivity contribution in [3.63, 3.8) is 0 Å². The summed E-state index contributed by atoms with van der Waals surface area (Å²) in [6.45, 7) is 10.4. The SMILES string of the molecule is CCN(CC)CCN(C(=O)c1cc([N+](=O)[O-])cc([N+](=O)[O-])c1)c1nc2c(C)cc(C)cc2s1. The molecule has 11 heteroatoms. The van der Waals surface area contributed by atoms with Crippen molar-refractivity contribution < 1.29 is 14.6 Å². The van der Waals surface area contributed by atoms with Gasteiger partial charge in [0.1, 0.15) is 0 Å². The number of fused-ring (bicyclic) bond motifs is 1. The number of nitro groups is 2. The van der Waals surface area contributed by atoms with E-state index in [1.807, 2.05) is 39.8 Å². The van der Waals surface area contributed by atoms with Crippen LogP contribution < -0.4 is 4.90 Å². The van der Waals surface area contributed by atoms with E-state index in [1.54, 1.807) is 0 Å². The maximum absolute atomic E-state index is 13.5. The molecule has 0 N–H and O–H groups in total. The molecule has 174 valence electrons.